The Hall–Kier alpha value is -1.84. The van der Waals surface area contributed by atoms with Gasteiger partial charge in [-0.3, -0.25) is 5.10 Å². The summed E-state index contributed by atoms with van der Waals surface area (Å²) in [6, 6.07) is 0. The van der Waals surface area contributed by atoms with E-state index in [0.29, 0.717) is 0 Å². The number of aromatic amines is 1. The Morgan fingerprint density at radius 2 is 2.25 bits per heavy atom. The zero-order valence-electron chi connectivity index (χ0n) is 10.2. The summed E-state index contributed by atoms with van der Waals surface area (Å²) in [5.74, 6) is 0. The summed E-state index contributed by atoms with van der Waals surface area (Å²) in [6.07, 6.45) is 11.9. The summed E-state index contributed by atoms with van der Waals surface area (Å²) in [5.41, 5.74) is 1.26. The third-order valence-electron chi connectivity index (χ3n) is 1.60. The van der Waals surface area contributed by atoms with Gasteiger partial charge in [-0.05, 0) is 18.9 Å². The zero-order valence-corrected chi connectivity index (χ0v) is 10.2. The van der Waals surface area contributed by atoms with Crippen LogP contribution in [0.4, 0.5) is 0 Å². The first-order chi connectivity index (χ1) is 7.74. The van der Waals surface area contributed by atoms with Crippen LogP contribution in [0.5, 0.6) is 0 Å². The first-order valence-electron chi connectivity index (χ1n) is 5.21. The van der Waals surface area contributed by atoms with Crippen molar-refractivity contribution in [1.82, 2.24) is 19.7 Å². The monoisotopic (exact) mass is 220 g/mol. The van der Waals surface area contributed by atoms with E-state index in [1.165, 1.54) is 5.56 Å². The van der Waals surface area contributed by atoms with E-state index in [1.807, 2.05) is 37.1 Å². The number of aromatic nitrogens is 4. The number of nitrogens with one attached hydrogen (secondary N) is 1. The van der Waals surface area contributed by atoms with E-state index in [2.05, 4.69) is 28.7 Å². The number of aryl methyl sites for hydroxylation is 2. The SMILES string of the molecule is C=CC.CCc1cn[nH]c1.Cn1ccnc1. The van der Waals surface area contributed by atoms with Crippen molar-refractivity contribution in [3.05, 3.63) is 49.3 Å². The van der Waals surface area contributed by atoms with E-state index >= 15 is 0 Å². The highest BCUT2D eigenvalue weighted by atomic mass is 15.1. The Labute approximate surface area is 97.0 Å². The zero-order chi connectivity index (χ0) is 12.2. The molecule has 0 amide bonds. The van der Waals surface area contributed by atoms with Gasteiger partial charge in [0.05, 0.1) is 12.5 Å². The lowest BCUT2D eigenvalue weighted by Crippen LogP contribution is -1.76. The molecule has 0 aromatic carbocycles. The fourth-order valence-electron chi connectivity index (χ4n) is 0.797. The second-order valence-corrected chi connectivity index (χ2v) is 3.10. The average molecular weight is 220 g/mol. The Morgan fingerprint density at radius 3 is 2.44 bits per heavy atom. The van der Waals surface area contributed by atoms with Crippen molar-refractivity contribution < 1.29 is 0 Å². The fraction of sp³-hybridized carbons (Fsp3) is 0.333. The highest BCUT2D eigenvalue weighted by Gasteiger charge is 1.82. The molecule has 0 radical (unpaired) electrons. The number of hydrogen-bond acceptors (Lipinski definition) is 2. The third-order valence-corrected chi connectivity index (χ3v) is 1.60. The van der Waals surface area contributed by atoms with Crippen molar-refractivity contribution in [2.24, 2.45) is 7.05 Å². The molecule has 0 unspecified atom stereocenters. The highest BCUT2D eigenvalue weighted by Crippen LogP contribution is 1.91. The van der Waals surface area contributed by atoms with Crippen molar-refractivity contribution in [3.8, 4) is 0 Å². The predicted octanol–water partition coefficient (Wildman–Crippen LogP) is 2.58. The van der Waals surface area contributed by atoms with E-state index in [9.17, 15) is 0 Å². The van der Waals surface area contributed by atoms with Crippen LogP contribution in [0, 0.1) is 0 Å². The Bertz CT molecular complexity index is 335. The van der Waals surface area contributed by atoms with Crippen LogP contribution in [-0.4, -0.2) is 19.7 Å². The van der Waals surface area contributed by atoms with Gasteiger partial charge in [-0.25, -0.2) is 4.98 Å². The van der Waals surface area contributed by atoms with Crippen LogP contribution in [0.2, 0.25) is 0 Å². The molecule has 4 heteroatoms. The number of H-pyrrole nitrogens is 1. The number of allylic oxidation sites excluding steroid dienone is 1. The first kappa shape index (κ1) is 14.2. The van der Waals surface area contributed by atoms with E-state index in [0.717, 1.165) is 6.42 Å². The molecule has 0 aliphatic rings. The highest BCUT2D eigenvalue weighted by molar-refractivity contribution is 5.00. The normalized spacial score (nSPS) is 8.19. The molecule has 0 spiro atoms. The van der Waals surface area contributed by atoms with Crippen molar-refractivity contribution in [2.45, 2.75) is 20.3 Å². The lowest BCUT2D eigenvalue weighted by Gasteiger charge is -1.76. The molecule has 4 nitrogen and oxygen atoms in total. The van der Waals surface area contributed by atoms with Crippen molar-refractivity contribution in [2.75, 3.05) is 0 Å². The van der Waals surface area contributed by atoms with E-state index < -0.39 is 0 Å². The van der Waals surface area contributed by atoms with Gasteiger partial charge in [0.15, 0.2) is 0 Å². The first-order valence-corrected chi connectivity index (χ1v) is 5.21. The van der Waals surface area contributed by atoms with E-state index in [-0.39, 0.29) is 0 Å². The standard InChI is InChI=1S/C5H8N2.C4H6N2.C3H6/c1-2-5-3-6-7-4-5;1-6-3-2-5-4-6;1-3-2/h3-4H,2H2,1H3,(H,6,7);2-4H,1H3;3H,1H2,2H3. The lowest BCUT2D eigenvalue weighted by molar-refractivity contribution is 0.913. The predicted molar refractivity (Wildman–Crippen MR) is 67.0 cm³/mol. The molecule has 0 atom stereocenters. The van der Waals surface area contributed by atoms with Crippen LogP contribution in [-0.2, 0) is 13.5 Å². The minimum Gasteiger partial charge on any atom is -0.341 e. The number of rotatable bonds is 1. The van der Waals surface area contributed by atoms with Gasteiger partial charge < -0.3 is 4.57 Å². The molecule has 2 aromatic heterocycles. The molecule has 16 heavy (non-hydrogen) atoms. The number of hydrogen-bond donors (Lipinski definition) is 1. The molecule has 0 saturated heterocycles. The summed E-state index contributed by atoms with van der Waals surface area (Å²) < 4.78 is 1.89. The van der Waals surface area contributed by atoms with Gasteiger partial charge in [0.1, 0.15) is 0 Å². The molecule has 0 fully saturated rings. The van der Waals surface area contributed by atoms with Gasteiger partial charge in [-0.2, -0.15) is 5.10 Å². The second kappa shape index (κ2) is 9.71. The summed E-state index contributed by atoms with van der Waals surface area (Å²) in [6.45, 7) is 7.35. The van der Waals surface area contributed by atoms with Crippen LogP contribution < -0.4 is 0 Å². The van der Waals surface area contributed by atoms with Gasteiger partial charge in [0, 0.05) is 25.6 Å². The quantitative estimate of drug-likeness (QED) is 0.751. The lowest BCUT2D eigenvalue weighted by atomic mass is 10.3. The van der Waals surface area contributed by atoms with Crippen molar-refractivity contribution in [3.63, 3.8) is 0 Å². The molecule has 2 aromatic rings. The third kappa shape index (κ3) is 7.55. The van der Waals surface area contributed by atoms with Crippen LogP contribution in [0.15, 0.2) is 43.8 Å². The average Bonchev–Trinajstić information content (AvgIpc) is 2.91. The molecule has 2 heterocycles. The van der Waals surface area contributed by atoms with Crippen LogP contribution in [0.3, 0.4) is 0 Å². The van der Waals surface area contributed by atoms with Crippen molar-refractivity contribution >= 4 is 0 Å². The smallest absolute Gasteiger partial charge is 0.0943 e. The number of imidazole rings is 1. The molecular formula is C12H20N4. The maximum absolute atomic E-state index is 3.78. The largest absolute Gasteiger partial charge is 0.341 e. The molecule has 0 bridgehead atoms. The van der Waals surface area contributed by atoms with Crippen LogP contribution in [0.25, 0.3) is 0 Å². The minimum atomic E-state index is 1.07. The van der Waals surface area contributed by atoms with E-state index in [1.54, 1.807) is 18.6 Å². The Kier molecular flexibility index (Phi) is 8.59. The maximum atomic E-state index is 3.78. The Balaban J connectivity index is 0.000000230. The Morgan fingerprint density at radius 1 is 1.56 bits per heavy atom. The van der Waals surface area contributed by atoms with E-state index in [4.69, 9.17) is 0 Å². The molecule has 2 rings (SSSR count). The summed E-state index contributed by atoms with van der Waals surface area (Å²) in [4.78, 5) is 3.78. The number of nitrogens with zero attached hydrogens (tertiary/aromatic N) is 3. The van der Waals surface area contributed by atoms with Crippen LogP contribution >= 0.6 is 0 Å². The van der Waals surface area contributed by atoms with Gasteiger partial charge in [0.25, 0.3) is 0 Å². The van der Waals surface area contributed by atoms with Crippen LogP contribution in [0.1, 0.15) is 19.4 Å². The van der Waals surface area contributed by atoms with Gasteiger partial charge in [-0.15, -0.1) is 6.58 Å². The molecule has 0 saturated carbocycles. The van der Waals surface area contributed by atoms with Gasteiger partial charge in [-0.1, -0.05) is 13.0 Å². The molecular weight excluding hydrogens is 200 g/mol. The fourth-order valence-corrected chi connectivity index (χ4v) is 0.797. The molecule has 0 aliphatic carbocycles. The molecule has 0 aliphatic heterocycles. The second-order valence-electron chi connectivity index (χ2n) is 3.10. The summed E-state index contributed by atoms with van der Waals surface area (Å²) in [7, 11) is 1.94. The molecule has 88 valence electrons. The minimum absolute atomic E-state index is 1.07. The molecule has 1 N–H and O–H groups in total. The maximum Gasteiger partial charge on any atom is 0.0943 e. The van der Waals surface area contributed by atoms with Gasteiger partial charge in [0.2, 0.25) is 0 Å². The van der Waals surface area contributed by atoms with Crippen molar-refractivity contribution in [1.29, 1.82) is 0 Å². The summed E-state index contributed by atoms with van der Waals surface area (Å²) in [5, 5.41) is 6.50. The summed E-state index contributed by atoms with van der Waals surface area (Å²) >= 11 is 0. The van der Waals surface area contributed by atoms with Gasteiger partial charge >= 0.3 is 0 Å². The topological polar surface area (TPSA) is 46.5 Å².